The second-order valence-corrected chi connectivity index (χ2v) is 16.4. The fraction of sp³-hybridized carbons (Fsp3) is 0.500. The molecule has 0 heterocycles. The third kappa shape index (κ3) is 15.3. The van der Waals surface area contributed by atoms with Crippen LogP contribution in [-0.2, 0) is 52.7 Å². The summed E-state index contributed by atoms with van der Waals surface area (Å²) in [6.45, 7) is 15.2. The van der Waals surface area contributed by atoms with Crippen LogP contribution in [0.25, 0.3) is 0 Å². The molecule has 0 atom stereocenters. The first-order valence-electron chi connectivity index (χ1n) is 19.8. The Morgan fingerprint density at radius 3 is 1.13 bits per heavy atom. The van der Waals surface area contributed by atoms with Crippen molar-refractivity contribution in [2.45, 2.75) is 135 Å². The van der Waals surface area contributed by atoms with Gasteiger partial charge < -0.3 is 19.3 Å². The summed E-state index contributed by atoms with van der Waals surface area (Å²) < 4.78 is 19.7. The smallest absolute Gasteiger partial charge is 0.119 e. The van der Waals surface area contributed by atoms with Gasteiger partial charge in [-0.15, -0.1) is 0 Å². The molecule has 52 heavy (non-hydrogen) atoms. The van der Waals surface area contributed by atoms with Crippen LogP contribution in [0, 0.1) is 0 Å². The van der Waals surface area contributed by atoms with Crippen LogP contribution in [-0.4, -0.2) is 41.7 Å². The first kappa shape index (κ1) is 41.3. The van der Waals surface area contributed by atoms with Crippen LogP contribution >= 0.6 is 0 Å². The Bertz CT molecular complexity index is 1560. The second-order valence-electron chi connectivity index (χ2n) is 16.4. The second kappa shape index (κ2) is 20.7. The Hall–Kier alpha value is -3.44. The van der Waals surface area contributed by atoms with E-state index in [1.165, 1.54) is 22.3 Å². The molecule has 1 N–H and O–H groups in total. The van der Waals surface area contributed by atoms with Crippen LogP contribution in [0.1, 0.15) is 113 Å². The molecule has 0 aromatic heterocycles. The van der Waals surface area contributed by atoms with Gasteiger partial charge in [0.15, 0.2) is 0 Å². The number of rotatable bonds is 24. The lowest BCUT2D eigenvalue weighted by molar-refractivity contribution is -0.0251. The van der Waals surface area contributed by atoms with Crippen molar-refractivity contribution in [3.63, 3.8) is 0 Å². The molecule has 0 saturated heterocycles. The van der Waals surface area contributed by atoms with Crippen molar-refractivity contribution in [2.24, 2.45) is 0 Å². The molecule has 0 bridgehead atoms. The van der Waals surface area contributed by atoms with Crippen LogP contribution in [0.3, 0.4) is 0 Å². The summed E-state index contributed by atoms with van der Waals surface area (Å²) in [5, 5.41) is 11.4. The standard InChI is InChI=1S/C48H66O4/c1-46(2,50-33-19-16-28-39-22-10-7-11-23-39)36-42-31-32-45(49)44(38-48(5,6)52-35-21-18-30-41-26-14-9-15-27-41)43(42)37-47(3,4)51-34-20-17-29-40-24-12-8-13-25-40/h7-15,22-27,31-32,49H,16-21,28-30,33-38H2,1-6H3. The molecule has 0 unspecified atom stereocenters. The van der Waals surface area contributed by atoms with E-state index in [2.05, 4.69) is 139 Å². The SMILES string of the molecule is CC(C)(Cc1ccc(O)c(CC(C)(C)OCCCCc2ccccc2)c1CC(C)(C)OCCCCc1ccccc1)OCCCCc1ccccc1. The van der Waals surface area contributed by atoms with E-state index in [0.29, 0.717) is 31.8 Å². The van der Waals surface area contributed by atoms with E-state index in [1.807, 2.05) is 6.07 Å². The molecule has 4 nitrogen and oxygen atoms in total. The summed E-state index contributed by atoms with van der Waals surface area (Å²) in [5.41, 5.74) is 6.25. The van der Waals surface area contributed by atoms with Crippen LogP contribution < -0.4 is 0 Å². The van der Waals surface area contributed by atoms with Gasteiger partial charge in [0, 0.05) is 44.6 Å². The largest absolute Gasteiger partial charge is 0.508 e. The number of aryl methyl sites for hydroxylation is 3. The lowest BCUT2D eigenvalue weighted by atomic mass is 9.83. The molecule has 0 spiro atoms. The van der Waals surface area contributed by atoms with Gasteiger partial charge >= 0.3 is 0 Å². The summed E-state index contributed by atoms with van der Waals surface area (Å²) in [5.74, 6) is 0.331. The first-order chi connectivity index (χ1) is 24.9. The van der Waals surface area contributed by atoms with Crippen LogP contribution in [0.5, 0.6) is 5.75 Å². The van der Waals surface area contributed by atoms with E-state index in [4.69, 9.17) is 14.2 Å². The topological polar surface area (TPSA) is 47.9 Å². The number of hydrogen-bond donors (Lipinski definition) is 1. The third-order valence-electron chi connectivity index (χ3n) is 9.91. The summed E-state index contributed by atoms with van der Waals surface area (Å²) in [7, 11) is 0. The van der Waals surface area contributed by atoms with Crippen molar-refractivity contribution in [2.75, 3.05) is 19.8 Å². The van der Waals surface area contributed by atoms with Gasteiger partial charge in [0.05, 0.1) is 16.8 Å². The summed E-state index contributed by atoms with van der Waals surface area (Å²) in [4.78, 5) is 0. The lowest BCUT2D eigenvalue weighted by Gasteiger charge is -2.33. The molecular weight excluding hydrogens is 641 g/mol. The van der Waals surface area contributed by atoms with Crippen molar-refractivity contribution >= 4 is 0 Å². The van der Waals surface area contributed by atoms with Gasteiger partial charge in [-0.25, -0.2) is 0 Å². The fourth-order valence-corrected chi connectivity index (χ4v) is 7.05. The molecule has 0 saturated carbocycles. The van der Waals surface area contributed by atoms with Crippen molar-refractivity contribution in [1.29, 1.82) is 0 Å². The summed E-state index contributed by atoms with van der Waals surface area (Å²) >= 11 is 0. The Morgan fingerprint density at radius 2 is 0.750 bits per heavy atom. The summed E-state index contributed by atoms with van der Waals surface area (Å²) in [6.07, 6.45) is 11.6. The minimum absolute atomic E-state index is 0.331. The van der Waals surface area contributed by atoms with Gasteiger partial charge in [-0.3, -0.25) is 0 Å². The zero-order valence-corrected chi connectivity index (χ0v) is 33.1. The zero-order valence-electron chi connectivity index (χ0n) is 33.1. The lowest BCUT2D eigenvalue weighted by Crippen LogP contribution is -2.33. The number of unbranched alkanes of at least 4 members (excludes halogenated alkanes) is 3. The highest BCUT2D eigenvalue weighted by Crippen LogP contribution is 2.35. The number of phenols is 1. The van der Waals surface area contributed by atoms with Gasteiger partial charge in [0.1, 0.15) is 5.75 Å². The monoisotopic (exact) mass is 706 g/mol. The van der Waals surface area contributed by atoms with Crippen molar-refractivity contribution < 1.29 is 19.3 Å². The maximum atomic E-state index is 11.4. The normalized spacial score (nSPS) is 12.3. The van der Waals surface area contributed by atoms with E-state index in [-0.39, 0.29) is 5.60 Å². The highest BCUT2D eigenvalue weighted by atomic mass is 16.5. The number of benzene rings is 4. The first-order valence-corrected chi connectivity index (χ1v) is 19.8. The van der Waals surface area contributed by atoms with Crippen molar-refractivity contribution in [1.82, 2.24) is 0 Å². The molecule has 0 aliphatic rings. The molecule has 0 radical (unpaired) electrons. The predicted molar refractivity (Wildman–Crippen MR) is 217 cm³/mol. The van der Waals surface area contributed by atoms with Gasteiger partial charge in [-0.1, -0.05) is 97.1 Å². The molecule has 4 rings (SSSR count). The van der Waals surface area contributed by atoms with Crippen molar-refractivity contribution in [3.8, 4) is 5.75 Å². The van der Waals surface area contributed by atoms with Gasteiger partial charge in [-0.05, 0) is 133 Å². The molecule has 0 amide bonds. The summed E-state index contributed by atoms with van der Waals surface area (Å²) in [6, 6.07) is 36.0. The Balaban J connectivity index is 1.41. The van der Waals surface area contributed by atoms with Gasteiger partial charge in [0.2, 0.25) is 0 Å². The van der Waals surface area contributed by atoms with E-state index >= 15 is 0 Å². The maximum absolute atomic E-state index is 11.4. The minimum atomic E-state index is -0.440. The number of aromatic hydroxyl groups is 1. The Morgan fingerprint density at radius 1 is 0.404 bits per heavy atom. The van der Waals surface area contributed by atoms with Crippen LogP contribution in [0.15, 0.2) is 103 Å². The quantitative estimate of drug-likeness (QED) is 0.0737. The Kier molecular flexibility index (Phi) is 16.5. The molecule has 0 aliphatic carbocycles. The Labute approximate surface area is 315 Å². The average Bonchev–Trinajstić information content (AvgIpc) is 3.11. The molecule has 4 aromatic carbocycles. The highest BCUT2D eigenvalue weighted by molar-refractivity contribution is 5.46. The van der Waals surface area contributed by atoms with Gasteiger partial charge in [-0.2, -0.15) is 0 Å². The fourth-order valence-electron chi connectivity index (χ4n) is 7.05. The number of ether oxygens (including phenoxy) is 3. The van der Waals surface area contributed by atoms with Crippen LogP contribution in [0.4, 0.5) is 0 Å². The minimum Gasteiger partial charge on any atom is -0.508 e. The number of phenolic OH excluding ortho intramolecular Hbond substituents is 1. The van der Waals surface area contributed by atoms with E-state index in [1.54, 1.807) is 0 Å². The molecule has 4 heteroatoms. The van der Waals surface area contributed by atoms with Gasteiger partial charge in [0.25, 0.3) is 0 Å². The van der Waals surface area contributed by atoms with E-state index in [9.17, 15) is 5.11 Å². The molecular formula is C48H66O4. The predicted octanol–water partition coefficient (Wildman–Crippen LogP) is 11.5. The highest BCUT2D eigenvalue weighted by Gasteiger charge is 2.30. The van der Waals surface area contributed by atoms with E-state index in [0.717, 1.165) is 81.9 Å². The van der Waals surface area contributed by atoms with Crippen LogP contribution in [0.2, 0.25) is 0 Å². The average molecular weight is 707 g/mol. The maximum Gasteiger partial charge on any atom is 0.119 e. The third-order valence-corrected chi connectivity index (χ3v) is 9.91. The molecule has 282 valence electrons. The number of hydrogen-bond acceptors (Lipinski definition) is 4. The van der Waals surface area contributed by atoms with E-state index < -0.39 is 11.2 Å². The van der Waals surface area contributed by atoms with Crippen molar-refractivity contribution in [3.05, 3.63) is 137 Å². The molecule has 0 aliphatic heterocycles. The zero-order chi connectivity index (χ0) is 37.3. The molecule has 4 aromatic rings. The molecule has 0 fully saturated rings.